The van der Waals surface area contributed by atoms with E-state index < -0.39 is 38.5 Å². The van der Waals surface area contributed by atoms with Crippen LogP contribution in [0.3, 0.4) is 0 Å². The third-order valence-corrected chi connectivity index (χ3v) is 4.90. The Kier molecular flexibility index (Phi) is 6.60. The molecule has 0 aliphatic rings. The summed E-state index contributed by atoms with van der Waals surface area (Å²) < 4.78 is 70.9. The zero-order valence-electron chi connectivity index (χ0n) is 17.1. The van der Waals surface area contributed by atoms with Gasteiger partial charge in [0.2, 0.25) is 0 Å². The number of halogens is 3. The Balaban J connectivity index is 2.91. The molecule has 170 valence electrons. The van der Waals surface area contributed by atoms with E-state index >= 15 is 0 Å². The van der Waals surface area contributed by atoms with E-state index in [4.69, 9.17) is 4.74 Å². The zero-order valence-corrected chi connectivity index (χ0v) is 18.0. The predicted octanol–water partition coefficient (Wildman–Crippen LogP) is 4.47. The number of hydrogen-bond acceptors (Lipinski definition) is 9. The highest BCUT2D eigenvalue weighted by atomic mass is 32.2. The van der Waals surface area contributed by atoms with Crippen molar-refractivity contribution in [2.75, 3.05) is 0 Å². The number of aromatic nitrogens is 1. The Morgan fingerprint density at radius 2 is 1.78 bits per heavy atom. The van der Waals surface area contributed by atoms with Crippen LogP contribution in [0.25, 0.3) is 11.1 Å². The first kappa shape index (κ1) is 24.7. The van der Waals surface area contributed by atoms with Gasteiger partial charge >= 0.3 is 21.6 Å². The molecule has 32 heavy (non-hydrogen) atoms. The molecule has 0 spiro atoms. The molecule has 0 aliphatic carbocycles. The molecule has 0 atom stereocenters. The Morgan fingerprint density at radius 3 is 2.25 bits per heavy atom. The number of hydrogen-bond donors (Lipinski definition) is 0. The SMILES string of the molecule is CC(=O)Oc1ccc(N=O)c(-c2cc(C(C)(C)C)nc(OS(=O)(=O)C(F)(F)F)c2C#N)c1. The van der Waals surface area contributed by atoms with Crippen LogP contribution >= 0.6 is 0 Å². The van der Waals surface area contributed by atoms with Crippen molar-refractivity contribution in [1.29, 1.82) is 5.26 Å². The van der Waals surface area contributed by atoms with Gasteiger partial charge in [0, 0.05) is 23.5 Å². The Hall–Kier alpha value is -3.53. The minimum Gasteiger partial charge on any atom is -0.427 e. The summed E-state index contributed by atoms with van der Waals surface area (Å²) >= 11 is 0. The van der Waals surface area contributed by atoms with Gasteiger partial charge in [0.25, 0.3) is 5.88 Å². The number of esters is 1. The number of nitroso groups, excluding NO2 is 1. The van der Waals surface area contributed by atoms with Gasteiger partial charge in [-0.15, -0.1) is 4.91 Å². The van der Waals surface area contributed by atoms with Crippen LogP contribution in [0, 0.1) is 16.2 Å². The molecule has 0 fully saturated rings. The molecule has 0 saturated heterocycles. The maximum atomic E-state index is 12.9. The van der Waals surface area contributed by atoms with Crippen molar-refractivity contribution in [2.24, 2.45) is 5.18 Å². The second kappa shape index (κ2) is 8.54. The lowest BCUT2D eigenvalue weighted by atomic mass is 9.88. The van der Waals surface area contributed by atoms with Crippen LogP contribution in [0.5, 0.6) is 11.6 Å². The van der Waals surface area contributed by atoms with Gasteiger partial charge in [-0.3, -0.25) is 4.79 Å². The smallest absolute Gasteiger partial charge is 0.427 e. The number of carbonyl (C=O) groups is 1. The van der Waals surface area contributed by atoms with Gasteiger partial charge in [0.05, 0.1) is 5.69 Å². The molecular weight excluding hydrogens is 455 g/mol. The quantitative estimate of drug-likeness (QED) is 0.205. The molecule has 0 unspecified atom stereocenters. The lowest BCUT2D eigenvalue weighted by molar-refractivity contribution is -0.131. The minimum atomic E-state index is -6.15. The van der Waals surface area contributed by atoms with E-state index in [1.165, 1.54) is 12.1 Å². The molecule has 2 aromatic rings. The van der Waals surface area contributed by atoms with Crippen molar-refractivity contribution in [3.63, 3.8) is 0 Å². The summed E-state index contributed by atoms with van der Waals surface area (Å²) in [7, 11) is -6.15. The molecule has 13 heteroatoms. The summed E-state index contributed by atoms with van der Waals surface area (Å²) in [6, 6.07) is 6.40. The lowest BCUT2D eigenvalue weighted by Gasteiger charge is -2.21. The number of nitriles is 1. The molecule has 1 aromatic carbocycles. The van der Waals surface area contributed by atoms with Crippen molar-refractivity contribution in [3.8, 4) is 28.8 Å². The summed E-state index contributed by atoms with van der Waals surface area (Å²) in [5.74, 6) is -1.88. The summed E-state index contributed by atoms with van der Waals surface area (Å²) in [5, 5.41) is 12.4. The Morgan fingerprint density at radius 1 is 1.16 bits per heavy atom. The van der Waals surface area contributed by atoms with Crippen molar-refractivity contribution >= 4 is 21.8 Å². The normalized spacial score (nSPS) is 12.1. The molecule has 2 rings (SSSR count). The third kappa shape index (κ3) is 5.20. The number of carbonyl (C=O) groups excluding carboxylic acids is 1. The van der Waals surface area contributed by atoms with Crippen molar-refractivity contribution in [2.45, 2.75) is 38.6 Å². The van der Waals surface area contributed by atoms with E-state index in [0.29, 0.717) is 0 Å². The van der Waals surface area contributed by atoms with E-state index in [1.807, 2.05) is 0 Å². The maximum Gasteiger partial charge on any atom is 0.534 e. The fourth-order valence-corrected chi connectivity index (χ4v) is 2.90. The lowest BCUT2D eigenvalue weighted by Crippen LogP contribution is -2.29. The highest BCUT2D eigenvalue weighted by molar-refractivity contribution is 7.87. The van der Waals surface area contributed by atoms with Gasteiger partial charge < -0.3 is 8.92 Å². The van der Waals surface area contributed by atoms with E-state index in [9.17, 15) is 36.6 Å². The first-order chi connectivity index (χ1) is 14.6. The van der Waals surface area contributed by atoms with Gasteiger partial charge in [0.1, 0.15) is 23.1 Å². The van der Waals surface area contributed by atoms with Crippen molar-refractivity contribution < 1.29 is 35.3 Å². The number of nitrogens with zero attached hydrogens (tertiary/aromatic N) is 3. The number of benzene rings is 1. The van der Waals surface area contributed by atoms with Gasteiger partial charge in [-0.25, -0.2) is 4.98 Å². The van der Waals surface area contributed by atoms with Crippen LogP contribution in [-0.2, 0) is 20.3 Å². The molecule has 0 bridgehead atoms. The topological polar surface area (TPSA) is 136 Å². The van der Waals surface area contributed by atoms with Gasteiger partial charge in [-0.05, 0) is 29.4 Å². The van der Waals surface area contributed by atoms with Gasteiger partial charge in [0.15, 0.2) is 0 Å². The number of pyridine rings is 1. The number of alkyl halides is 3. The molecule has 0 aliphatic heterocycles. The zero-order chi connectivity index (χ0) is 24.5. The molecule has 0 saturated carbocycles. The summed E-state index contributed by atoms with van der Waals surface area (Å²) in [5.41, 5.74) is -7.83. The predicted molar refractivity (Wildman–Crippen MR) is 105 cm³/mol. The molecule has 1 heterocycles. The summed E-state index contributed by atoms with van der Waals surface area (Å²) in [6.45, 7) is 5.99. The summed E-state index contributed by atoms with van der Waals surface area (Å²) in [4.78, 5) is 26.4. The third-order valence-electron chi connectivity index (χ3n) is 3.96. The fourth-order valence-electron chi connectivity index (χ4n) is 2.48. The van der Waals surface area contributed by atoms with Crippen molar-refractivity contribution in [3.05, 3.63) is 40.4 Å². The fraction of sp³-hybridized carbons (Fsp3) is 0.316. The van der Waals surface area contributed by atoms with Crippen LogP contribution in [0.15, 0.2) is 29.4 Å². The van der Waals surface area contributed by atoms with E-state index in [1.54, 1.807) is 26.8 Å². The molecule has 0 N–H and O–H groups in total. The number of ether oxygens (including phenoxy) is 1. The van der Waals surface area contributed by atoms with E-state index in [-0.39, 0.29) is 28.3 Å². The van der Waals surface area contributed by atoms with Crippen LogP contribution in [-0.4, -0.2) is 24.9 Å². The average Bonchev–Trinajstić information content (AvgIpc) is 2.65. The van der Waals surface area contributed by atoms with Crippen LogP contribution in [0.4, 0.5) is 18.9 Å². The van der Waals surface area contributed by atoms with Crippen molar-refractivity contribution in [1.82, 2.24) is 4.98 Å². The molecule has 9 nitrogen and oxygen atoms in total. The first-order valence-electron chi connectivity index (χ1n) is 8.73. The van der Waals surface area contributed by atoms with Crippen LogP contribution < -0.4 is 8.92 Å². The van der Waals surface area contributed by atoms with Gasteiger partial charge in [-0.2, -0.15) is 26.9 Å². The molecule has 1 aromatic heterocycles. The highest BCUT2D eigenvalue weighted by Crippen LogP contribution is 2.41. The van der Waals surface area contributed by atoms with Gasteiger partial charge in [-0.1, -0.05) is 20.8 Å². The average molecular weight is 471 g/mol. The number of rotatable bonds is 5. The standard InChI is InChI=1S/C19H16F3N3O6S/c1-10(26)30-11-5-6-15(25-27)13(7-11)12-8-16(18(2,3)4)24-17(14(12)9-23)31-32(28,29)19(20,21)22/h5-8H,1-4H3. The van der Waals surface area contributed by atoms with Crippen LogP contribution in [0.1, 0.15) is 39.0 Å². The van der Waals surface area contributed by atoms with Crippen LogP contribution in [0.2, 0.25) is 0 Å². The maximum absolute atomic E-state index is 12.9. The Bertz CT molecular complexity index is 1230. The molecule has 0 radical (unpaired) electrons. The minimum absolute atomic E-state index is 0.0496. The first-order valence-corrected chi connectivity index (χ1v) is 10.1. The van der Waals surface area contributed by atoms with E-state index in [2.05, 4.69) is 14.3 Å². The summed E-state index contributed by atoms with van der Waals surface area (Å²) in [6.07, 6.45) is 0. The van der Waals surface area contributed by atoms with E-state index in [0.717, 1.165) is 19.1 Å². The second-order valence-corrected chi connectivity index (χ2v) is 8.98. The second-order valence-electron chi connectivity index (χ2n) is 7.44. The highest BCUT2D eigenvalue weighted by Gasteiger charge is 2.49. The monoisotopic (exact) mass is 471 g/mol. The molecular formula is C19H16F3N3O6S. The molecule has 0 amide bonds. The largest absolute Gasteiger partial charge is 0.534 e. The Labute approximate surface area is 180 Å².